The van der Waals surface area contributed by atoms with Crippen LogP contribution in [-0.2, 0) is 0 Å². The summed E-state index contributed by atoms with van der Waals surface area (Å²) >= 11 is 4.27. The molecule has 8 nitrogen and oxygen atoms in total. The van der Waals surface area contributed by atoms with Gasteiger partial charge in [-0.25, -0.2) is 0 Å². The van der Waals surface area contributed by atoms with Crippen molar-refractivity contribution in [1.29, 1.82) is 0 Å². The standard InChI is InChI=1S/C34H40N2O6S/c1-41-33-25-30(18-12-28-15-21-32(22-16-28)36(39)40)34(42-23-9-7-5-3-2-4-6-8-10-24-43)26-29(33)17-11-27-13-19-31(20-14-27)35(37)38/h11-22,25-26,43H,2-10,23-24H2,1H3/b17-11+,18-12+. The van der Waals surface area contributed by atoms with Crippen molar-refractivity contribution in [3.63, 3.8) is 0 Å². The number of nitrogens with zero attached hydrogens (tertiary/aromatic N) is 2. The fraction of sp³-hybridized carbons (Fsp3) is 0.353. The molecular weight excluding hydrogens is 564 g/mol. The maximum Gasteiger partial charge on any atom is 0.269 e. The predicted octanol–water partition coefficient (Wildman–Crippen LogP) is 9.67. The van der Waals surface area contributed by atoms with Crippen LogP contribution < -0.4 is 9.47 Å². The van der Waals surface area contributed by atoms with Gasteiger partial charge in [0.2, 0.25) is 0 Å². The van der Waals surface area contributed by atoms with Crippen molar-refractivity contribution in [2.45, 2.75) is 57.8 Å². The lowest BCUT2D eigenvalue weighted by Crippen LogP contribution is -2.00. The van der Waals surface area contributed by atoms with E-state index in [9.17, 15) is 20.2 Å². The summed E-state index contributed by atoms with van der Waals surface area (Å²) in [5, 5.41) is 22.0. The van der Waals surface area contributed by atoms with E-state index in [0.717, 1.165) is 40.8 Å². The van der Waals surface area contributed by atoms with E-state index in [4.69, 9.17) is 9.47 Å². The van der Waals surface area contributed by atoms with E-state index < -0.39 is 9.85 Å². The van der Waals surface area contributed by atoms with Crippen molar-refractivity contribution in [3.05, 3.63) is 103 Å². The van der Waals surface area contributed by atoms with Crippen LogP contribution in [-0.4, -0.2) is 29.3 Å². The molecule has 3 aromatic rings. The number of unbranched alkanes of at least 4 members (excludes halogenated alkanes) is 8. The number of nitro benzene ring substituents is 2. The first-order chi connectivity index (χ1) is 20.9. The monoisotopic (exact) mass is 604 g/mol. The smallest absolute Gasteiger partial charge is 0.269 e. The summed E-state index contributed by atoms with van der Waals surface area (Å²) in [5.74, 6) is 2.31. The van der Waals surface area contributed by atoms with E-state index in [1.165, 1.54) is 69.2 Å². The van der Waals surface area contributed by atoms with Crippen LogP contribution in [0.2, 0.25) is 0 Å². The maximum absolute atomic E-state index is 11.0. The van der Waals surface area contributed by atoms with Gasteiger partial charge in [-0.1, -0.05) is 69.2 Å². The first-order valence-electron chi connectivity index (χ1n) is 14.7. The predicted molar refractivity (Wildman–Crippen MR) is 178 cm³/mol. The van der Waals surface area contributed by atoms with E-state index >= 15 is 0 Å². The number of rotatable bonds is 19. The molecule has 228 valence electrons. The summed E-state index contributed by atoms with van der Waals surface area (Å²) in [7, 11) is 1.60. The lowest BCUT2D eigenvalue weighted by molar-refractivity contribution is -0.385. The maximum atomic E-state index is 11.0. The van der Waals surface area contributed by atoms with E-state index in [2.05, 4.69) is 12.6 Å². The van der Waals surface area contributed by atoms with Crippen molar-refractivity contribution in [2.24, 2.45) is 0 Å². The van der Waals surface area contributed by atoms with Crippen LogP contribution in [0.4, 0.5) is 11.4 Å². The van der Waals surface area contributed by atoms with Crippen molar-refractivity contribution in [2.75, 3.05) is 19.5 Å². The Balaban J connectivity index is 1.72. The minimum atomic E-state index is -0.421. The third-order valence-electron chi connectivity index (χ3n) is 7.04. The second-order valence-electron chi connectivity index (χ2n) is 10.2. The first-order valence-corrected chi connectivity index (χ1v) is 15.4. The minimum Gasteiger partial charge on any atom is -0.496 e. The van der Waals surface area contributed by atoms with Gasteiger partial charge >= 0.3 is 0 Å². The quantitative estimate of drug-likeness (QED) is 0.0480. The second-order valence-corrected chi connectivity index (χ2v) is 10.7. The zero-order chi connectivity index (χ0) is 30.9. The average Bonchev–Trinajstić information content (AvgIpc) is 3.02. The first kappa shape index (κ1) is 33.4. The van der Waals surface area contributed by atoms with Crippen molar-refractivity contribution >= 4 is 48.3 Å². The molecule has 0 aliphatic carbocycles. The molecule has 0 saturated carbocycles. The molecule has 0 unspecified atom stereocenters. The highest BCUT2D eigenvalue weighted by molar-refractivity contribution is 7.80. The molecule has 0 fully saturated rings. The highest BCUT2D eigenvalue weighted by Crippen LogP contribution is 2.32. The highest BCUT2D eigenvalue weighted by atomic mass is 32.1. The van der Waals surface area contributed by atoms with Gasteiger partial charge in [0.05, 0.1) is 23.6 Å². The van der Waals surface area contributed by atoms with Crippen molar-refractivity contribution in [1.82, 2.24) is 0 Å². The number of non-ortho nitro benzene ring substituents is 2. The largest absolute Gasteiger partial charge is 0.496 e. The van der Waals surface area contributed by atoms with Gasteiger partial charge in [-0.05, 0) is 66.1 Å². The molecule has 3 rings (SSSR count). The highest BCUT2D eigenvalue weighted by Gasteiger charge is 2.10. The SMILES string of the molecule is COc1cc(/C=C/c2ccc([N+](=O)[O-])cc2)c(OCCCCCCCCCCCS)cc1/C=C/c1ccc([N+](=O)[O-])cc1. The molecule has 43 heavy (non-hydrogen) atoms. The van der Waals surface area contributed by atoms with E-state index in [-0.39, 0.29) is 11.4 Å². The van der Waals surface area contributed by atoms with Gasteiger partial charge in [0.25, 0.3) is 11.4 Å². The van der Waals surface area contributed by atoms with Gasteiger partial charge in [0.15, 0.2) is 0 Å². The Morgan fingerprint density at radius 1 is 0.628 bits per heavy atom. The Kier molecular flexibility index (Phi) is 14.3. The number of hydrogen-bond donors (Lipinski definition) is 1. The summed E-state index contributed by atoms with van der Waals surface area (Å²) in [6.45, 7) is 0.581. The Morgan fingerprint density at radius 2 is 1.05 bits per heavy atom. The Bertz CT molecular complexity index is 1370. The number of nitro groups is 2. The summed E-state index contributed by atoms with van der Waals surface area (Å²) in [5.41, 5.74) is 3.35. The Hall–Kier alpha value is -4.11. The van der Waals surface area contributed by atoms with Gasteiger partial charge in [0.1, 0.15) is 11.5 Å². The molecule has 3 aromatic carbocycles. The topological polar surface area (TPSA) is 105 Å². The van der Waals surface area contributed by atoms with Crippen LogP contribution in [0.5, 0.6) is 11.5 Å². The Labute approximate surface area is 259 Å². The lowest BCUT2D eigenvalue weighted by atomic mass is 10.0. The normalized spacial score (nSPS) is 11.3. The summed E-state index contributed by atoms with van der Waals surface area (Å²) < 4.78 is 11.9. The fourth-order valence-corrected chi connectivity index (χ4v) is 4.80. The van der Waals surface area contributed by atoms with Gasteiger partial charge in [-0.3, -0.25) is 20.2 Å². The molecule has 0 aliphatic rings. The second kappa shape index (κ2) is 18.4. The molecule has 0 atom stereocenters. The third kappa shape index (κ3) is 11.6. The molecule has 0 aliphatic heterocycles. The number of methoxy groups -OCH3 is 1. The fourth-order valence-electron chi connectivity index (χ4n) is 4.57. The lowest BCUT2D eigenvalue weighted by Gasteiger charge is -2.14. The molecular formula is C34H40N2O6S. The molecule has 0 spiro atoms. The van der Waals surface area contributed by atoms with Crippen LogP contribution in [0.15, 0.2) is 60.7 Å². The zero-order valence-corrected chi connectivity index (χ0v) is 25.5. The summed E-state index contributed by atoms with van der Waals surface area (Å²) in [6.07, 6.45) is 18.4. The van der Waals surface area contributed by atoms with Crippen LogP contribution in [0, 0.1) is 20.2 Å². The van der Waals surface area contributed by atoms with Crippen molar-refractivity contribution < 1.29 is 19.3 Å². The number of ether oxygens (including phenoxy) is 2. The zero-order valence-electron chi connectivity index (χ0n) is 24.7. The van der Waals surface area contributed by atoms with E-state index in [0.29, 0.717) is 18.1 Å². The summed E-state index contributed by atoms with van der Waals surface area (Å²) in [6, 6.07) is 16.5. The molecule has 0 N–H and O–H groups in total. The van der Waals surface area contributed by atoms with Gasteiger partial charge in [-0.15, -0.1) is 0 Å². The molecule has 0 amide bonds. The minimum absolute atomic E-state index is 0.0406. The number of hydrogen-bond acceptors (Lipinski definition) is 7. The summed E-state index contributed by atoms with van der Waals surface area (Å²) in [4.78, 5) is 21.1. The molecule has 0 radical (unpaired) electrons. The van der Waals surface area contributed by atoms with Crippen molar-refractivity contribution in [3.8, 4) is 11.5 Å². The number of benzene rings is 3. The van der Waals surface area contributed by atoms with Gasteiger partial charge in [0, 0.05) is 35.4 Å². The average molecular weight is 605 g/mol. The van der Waals surface area contributed by atoms with Crippen LogP contribution in [0.1, 0.15) is 80.0 Å². The third-order valence-corrected chi connectivity index (χ3v) is 7.36. The van der Waals surface area contributed by atoms with Gasteiger partial charge < -0.3 is 9.47 Å². The van der Waals surface area contributed by atoms with E-state index in [1.807, 2.05) is 36.4 Å². The van der Waals surface area contributed by atoms with Crippen LogP contribution >= 0.6 is 12.6 Å². The molecule has 0 bridgehead atoms. The van der Waals surface area contributed by atoms with Gasteiger partial charge in [-0.2, -0.15) is 12.6 Å². The molecule has 0 saturated heterocycles. The molecule has 0 aromatic heterocycles. The molecule has 0 heterocycles. The van der Waals surface area contributed by atoms with Crippen LogP contribution in [0.3, 0.4) is 0 Å². The number of thiol groups is 1. The Morgan fingerprint density at radius 3 is 1.49 bits per heavy atom. The van der Waals surface area contributed by atoms with Crippen LogP contribution in [0.25, 0.3) is 24.3 Å². The molecule has 9 heteroatoms. The van der Waals surface area contributed by atoms with E-state index in [1.54, 1.807) is 31.4 Å².